The maximum absolute atomic E-state index is 10.5. The lowest BCUT2D eigenvalue weighted by molar-refractivity contribution is 0.395. The first-order valence-corrected chi connectivity index (χ1v) is 14.2. The summed E-state index contributed by atoms with van der Waals surface area (Å²) in [6, 6.07) is 16.4. The van der Waals surface area contributed by atoms with Crippen LogP contribution in [0.2, 0.25) is 0 Å². The Kier molecular flexibility index (Phi) is 8.76. The summed E-state index contributed by atoms with van der Waals surface area (Å²) in [5, 5.41) is 23.0. The fourth-order valence-corrected chi connectivity index (χ4v) is 6.29. The molecule has 0 saturated heterocycles. The van der Waals surface area contributed by atoms with E-state index in [4.69, 9.17) is 0 Å². The van der Waals surface area contributed by atoms with Gasteiger partial charge in [0, 0.05) is 5.41 Å². The molecular weight excluding hydrogens is 428 g/mol. The van der Waals surface area contributed by atoms with Gasteiger partial charge in [-0.15, -0.1) is 0 Å². The highest BCUT2D eigenvalue weighted by atomic mass is 16.3. The average molecular weight is 473 g/mol. The number of rotatable bonds is 14. The maximum atomic E-state index is 10.5. The molecular formula is C33H44O2. The van der Waals surface area contributed by atoms with Crippen LogP contribution >= 0.6 is 0 Å². The Hall–Kier alpha value is -2.48. The molecule has 4 rings (SSSR count). The molecule has 0 saturated carbocycles. The number of phenols is 2. The molecule has 2 nitrogen and oxygen atoms in total. The van der Waals surface area contributed by atoms with Crippen molar-refractivity contribution in [3.63, 3.8) is 0 Å². The smallest absolute Gasteiger partial charge is 0.116 e. The first kappa shape index (κ1) is 25.6. The van der Waals surface area contributed by atoms with Crippen LogP contribution in [0, 0.1) is 0 Å². The van der Waals surface area contributed by atoms with E-state index in [1.54, 1.807) is 6.07 Å². The van der Waals surface area contributed by atoms with E-state index in [1.807, 2.05) is 24.3 Å². The molecule has 2 heteroatoms. The van der Waals surface area contributed by atoms with Gasteiger partial charge in [-0.3, -0.25) is 0 Å². The van der Waals surface area contributed by atoms with Crippen molar-refractivity contribution in [2.24, 2.45) is 0 Å². The molecule has 3 aromatic rings. The lowest BCUT2D eigenvalue weighted by atomic mass is 9.70. The third-order valence-electron chi connectivity index (χ3n) is 8.20. The zero-order valence-electron chi connectivity index (χ0n) is 21.9. The van der Waals surface area contributed by atoms with E-state index in [1.165, 1.54) is 99.3 Å². The van der Waals surface area contributed by atoms with Crippen molar-refractivity contribution in [2.45, 2.75) is 109 Å². The van der Waals surface area contributed by atoms with Gasteiger partial charge in [-0.2, -0.15) is 0 Å². The van der Waals surface area contributed by atoms with E-state index >= 15 is 0 Å². The zero-order chi connectivity index (χ0) is 24.7. The lowest BCUT2D eigenvalue weighted by Gasteiger charge is -2.33. The van der Waals surface area contributed by atoms with Gasteiger partial charge in [-0.1, -0.05) is 103 Å². The van der Waals surface area contributed by atoms with Gasteiger partial charge in [-0.05, 0) is 82.3 Å². The molecule has 0 amide bonds. The Bertz CT molecular complexity index is 1100. The van der Waals surface area contributed by atoms with Crippen molar-refractivity contribution in [1.82, 2.24) is 0 Å². The number of hydrogen-bond donors (Lipinski definition) is 2. The number of phenolic OH excluding ortho intramolecular Hbond substituents is 2. The molecule has 0 heterocycles. The van der Waals surface area contributed by atoms with Crippen molar-refractivity contribution in [3.05, 3.63) is 59.7 Å². The van der Waals surface area contributed by atoms with E-state index in [9.17, 15) is 10.2 Å². The summed E-state index contributed by atoms with van der Waals surface area (Å²) >= 11 is 0. The molecule has 0 unspecified atom stereocenters. The minimum Gasteiger partial charge on any atom is -0.508 e. The normalized spacial score (nSPS) is 13.8. The van der Waals surface area contributed by atoms with Crippen LogP contribution in [0.5, 0.6) is 11.5 Å². The number of aromatic hydroxyl groups is 2. The second kappa shape index (κ2) is 12.0. The summed E-state index contributed by atoms with van der Waals surface area (Å²) in [5.41, 5.74) is 5.26. The highest BCUT2D eigenvalue weighted by Crippen LogP contribution is 2.55. The molecule has 0 aromatic heterocycles. The third kappa shape index (κ3) is 5.68. The van der Waals surface area contributed by atoms with Gasteiger partial charge < -0.3 is 10.2 Å². The quantitative estimate of drug-likeness (QED) is 0.229. The molecule has 188 valence electrons. The molecule has 0 atom stereocenters. The highest BCUT2D eigenvalue weighted by Gasteiger charge is 2.42. The van der Waals surface area contributed by atoms with Gasteiger partial charge in [0.2, 0.25) is 0 Å². The SMILES string of the molecule is CCCCCCCCC1(CCCCCCCC)c2cc(O)ccc2-c2cc3ccc(O)cc3cc21. The van der Waals surface area contributed by atoms with Crippen molar-refractivity contribution in [3.8, 4) is 22.6 Å². The van der Waals surface area contributed by atoms with Crippen LogP contribution in [0.15, 0.2) is 48.5 Å². The zero-order valence-corrected chi connectivity index (χ0v) is 21.9. The predicted molar refractivity (Wildman–Crippen MR) is 149 cm³/mol. The van der Waals surface area contributed by atoms with Crippen molar-refractivity contribution in [1.29, 1.82) is 0 Å². The first-order chi connectivity index (χ1) is 17.1. The lowest BCUT2D eigenvalue weighted by Crippen LogP contribution is -2.25. The Balaban J connectivity index is 1.70. The second-order valence-electron chi connectivity index (χ2n) is 10.8. The fraction of sp³-hybridized carbons (Fsp3) is 0.515. The van der Waals surface area contributed by atoms with Crippen LogP contribution in [0.4, 0.5) is 0 Å². The van der Waals surface area contributed by atoms with Gasteiger partial charge >= 0.3 is 0 Å². The molecule has 0 aliphatic heterocycles. The largest absolute Gasteiger partial charge is 0.508 e. The van der Waals surface area contributed by atoms with Crippen molar-refractivity contribution < 1.29 is 10.2 Å². The topological polar surface area (TPSA) is 40.5 Å². The van der Waals surface area contributed by atoms with Gasteiger partial charge in [-0.25, -0.2) is 0 Å². The number of benzene rings is 3. The Morgan fingerprint density at radius 1 is 0.514 bits per heavy atom. The molecule has 1 aliphatic rings. The second-order valence-corrected chi connectivity index (χ2v) is 10.8. The minimum atomic E-state index is -0.0570. The highest BCUT2D eigenvalue weighted by molar-refractivity contribution is 5.94. The summed E-state index contributed by atoms with van der Waals surface area (Å²) < 4.78 is 0. The molecule has 0 radical (unpaired) electrons. The van der Waals surface area contributed by atoms with Gasteiger partial charge in [0.05, 0.1) is 0 Å². The Labute approximate surface area is 212 Å². The number of hydrogen-bond acceptors (Lipinski definition) is 2. The van der Waals surface area contributed by atoms with E-state index in [0.29, 0.717) is 11.5 Å². The molecule has 35 heavy (non-hydrogen) atoms. The monoisotopic (exact) mass is 472 g/mol. The van der Waals surface area contributed by atoms with Crippen LogP contribution in [0.1, 0.15) is 115 Å². The minimum absolute atomic E-state index is 0.0570. The van der Waals surface area contributed by atoms with Crippen LogP contribution in [-0.4, -0.2) is 10.2 Å². The molecule has 0 spiro atoms. The summed E-state index contributed by atoms with van der Waals surface area (Å²) in [5.74, 6) is 0.692. The summed E-state index contributed by atoms with van der Waals surface area (Å²) in [6.45, 7) is 4.55. The van der Waals surface area contributed by atoms with Crippen molar-refractivity contribution >= 4 is 10.8 Å². The maximum Gasteiger partial charge on any atom is 0.116 e. The van der Waals surface area contributed by atoms with Crippen LogP contribution in [0.25, 0.3) is 21.9 Å². The average Bonchev–Trinajstić information content (AvgIpc) is 3.10. The molecule has 1 aliphatic carbocycles. The van der Waals surface area contributed by atoms with Crippen LogP contribution in [0.3, 0.4) is 0 Å². The molecule has 0 bridgehead atoms. The molecule has 2 N–H and O–H groups in total. The Morgan fingerprint density at radius 2 is 1.06 bits per heavy atom. The standard InChI is InChI=1S/C33H44O2/c1-3-5-7-9-11-13-19-33(20-14-12-10-8-6-4-2)31-23-26-21-27(34)16-15-25(26)22-30(31)29-18-17-28(35)24-32(29)33/h15-18,21-24,34-35H,3-14,19-20H2,1-2H3. The van der Waals surface area contributed by atoms with Gasteiger partial charge in [0.15, 0.2) is 0 Å². The predicted octanol–water partition coefficient (Wildman–Crippen LogP) is 10.0. The van der Waals surface area contributed by atoms with E-state index < -0.39 is 0 Å². The summed E-state index contributed by atoms with van der Waals surface area (Å²) in [6.07, 6.45) is 17.7. The summed E-state index contributed by atoms with van der Waals surface area (Å²) in [7, 11) is 0. The van der Waals surface area contributed by atoms with E-state index in [2.05, 4.69) is 32.0 Å². The van der Waals surface area contributed by atoms with Crippen LogP contribution < -0.4 is 0 Å². The number of unbranched alkanes of at least 4 members (excludes halogenated alkanes) is 10. The molecule has 0 fully saturated rings. The van der Waals surface area contributed by atoms with Crippen molar-refractivity contribution in [2.75, 3.05) is 0 Å². The first-order valence-electron chi connectivity index (χ1n) is 14.2. The fourth-order valence-electron chi connectivity index (χ4n) is 6.29. The van der Waals surface area contributed by atoms with Crippen LogP contribution in [-0.2, 0) is 5.41 Å². The summed E-state index contributed by atoms with van der Waals surface area (Å²) in [4.78, 5) is 0. The van der Waals surface area contributed by atoms with E-state index in [-0.39, 0.29) is 5.41 Å². The van der Waals surface area contributed by atoms with Gasteiger partial charge in [0.25, 0.3) is 0 Å². The number of fused-ring (bicyclic) bond motifs is 4. The third-order valence-corrected chi connectivity index (χ3v) is 8.20. The van der Waals surface area contributed by atoms with E-state index in [0.717, 1.165) is 23.6 Å². The Morgan fingerprint density at radius 3 is 1.71 bits per heavy atom. The van der Waals surface area contributed by atoms with Gasteiger partial charge in [0.1, 0.15) is 11.5 Å². The molecule has 3 aromatic carbocycles.